The number of hydrogen-bond donors (Lipinski definition) is 1. The third-order valence-electron chi connectivity index (χ3n) is 5.13. The van der Waals surface area contributed by atoms with Crippen molar-refractivity contribution in [1.82, 2.24) is 0 Å². The molecule has 3 nitrogen and oxygen atoms in total. The molecular weight excluding hydrogens is 355 g/mol. The summed E-state index contributed by atoms with van der Waals surface area (Å²) in [6, 6.07) is 22.0. The maximum absolute atomic E-state index is 13.2. The molecule has 1 unspecified atom stereocenters. The van der Waals surface area contributed by atoms with Crippen LogP contribution in [0.2, 0.25) is 0 Å². The van der Waals surface area contributed by atoms with Crippen LogP contribution < -0.4 is 0 Å². The van der Waals surface area contributed by atoms with Gasteiger partial charge in [-0.2, -0.15) is 0 Å². The van der Waals surface area contributed by atoms with Gasteiger partial charge in [-0.15, -0.1) is 0 Å². The average molecular weight is 378 g/mol. The van der Waals surface area contributed by atoms with Crippen molar-refractivity contribution in [3.05, 3.63) is 94.5 Å². The van der Waals surface area contributed by atoms with Crippen molar-refractivity contribution < 1.29 is 14.0 Å². The predicted molar refractivity (Wildman–Crippen MR) is 109 cm³/mol. The van der Waals surface area contributed by atoms with Crippen LogP contribution in [0.3, 0.4) is 0 Å². The molecule has 0 bridgehead atoms. The lowest BCUT2D eigenvalue weighted by atomic mass is 10.0. The van der Waals surface area contributed by atoms with E-state index in [0.717, 1.165) is 38.9 Å². The molecule has 0 fully saturated rings. The molecule has 4 heteroatoms. The Morgan fingerprint density at radius 3 is 2.00 bits per heavy atom. The number of hydrogen-bond acceptors (Lipinski definition) is 2. The van der Waals surface area contributed by atoms with Crippen molar-refractivity contribution in [1.29, 1.82) is 0 Å². The van der Waals surface area contributed by atoms with Crippen molar-refractivity contribution >= 4 is 7.60 Å². The average Bonchev–Trinajstić information content (AvgIpc) is 2.96. The second-order valence-corrected chi connectivity index (χ2v) is 9.12. The highest BCUT2D eigenvalue weighted by atomic mass is 31.2. The minimum atomic E-state index is -3.87. The highest BCUT2D eigenvalue weighted by Gasteiger charge is 2.42. The molecule has 0 saturated heterocycles. The Morgan fingerprint density at radius 2 is 1.44 bits per heavy atom. The maximum Gasteiger partial charge on any atom is 0.339 e. The van der Waals surface area contributed by atoms with Gasteiger partial charge < -0.3 is 9.42 Å². The molecule has 0 amide bonds. The van der Waals surface area contributed by atoms with Gasteiger partial charge in [-0.05, 0) is 48.1 Å². The molecule has 0 aromatic heterocycles. The van der Waals surface area contributed by atoms with Crippen molar-refractivity contribution in [2.24, 2.45) is 0 Å². The van der Waals surface area contributed by atoms with E-state index in [2.05, 4.69) is 12.1 Å². The molecule has 27 heavy (non-hydrogen) atoms. The number of aryl methyl sites for hydroxylation is 2. The molecular formula is C23H23O3P. The van der Waals surface area contributed by atoms with Crippen LogP contribution in [-0.2, 0) is 15.5 Å². The third-order valence-corrected chi connectivity index (χ3v) is 6.89. The fraction of sp³-hybridized carbons (Fsp3) is 0.217. The summed E-state index contributed by atoms with van der Waals surface area (Å²) < 4.78 is 18.8. The van der Waals surface area contributed by atoms with E-state index in [-0.39, 0.29) is 6.61 Å². The van der Waals surface area contributed by atoms with Crippen LogP contribution in [0.1, 0.15) is 33.5 Å². The van der Waals surface area contributed by atoms with Crippen LogP contribution in [-0.4, -0.2) is 11.5 Å². The summed E-state index contributed by atoms with van der Waals surface area (Å²) in [5.74, 6) is 0. The lowest BCUT2D eigenvalue weighted by molar-refractivity contribution is 0.257. The van der Waals surface area contributed by atoms with Crippen LogP contribution in [0.15, 0.2) is 66.7 Å². The summed E-state index contributed by atoms with van der Waals surface area (Å²) in [7, 11) is -3.87. The summed E-state index contributed by atoms with van der Waals surface area (Å²) in [6.07, 6.45) is 0.611. The van der Waals surface area contributed by atoms with Gasteiger partial charge in [-0.25, -0.2) is 0 Å². The van der Waals surface area contributed by atoms with Gasteiger partial charge in [0.05, 0.1) is 6.61 Å². The molecule has 1 aliphatic rings. The highest BCUT2D eigenvalue weighted by Crippen LogP contribution is 2.65. The van der Waals surface area contributed by atoms with Crippen molar-refractivity contribution in [2.45, 2.75) is 25.9 Å². The summed E-state index contributed by atoms with van der Waals surface area (Å²) in [5.41, 5.74) is 6.59. The van der Waals surface area contributed by atoms with E-state index >= 15 is 0 Å². The molecule has 1 atom stereocenters. The summed E-state index contributed by atoms with van der Waals surface area (Å²) >= 11 is 0. The molecule has 4 rings (SSSR count). The SMILES string of the molecule is Cc1ccc2c(c1)-c1cc(C)ccc1C2P(=O)(O)OCCc1ccccc1. The second-order valence-electron chi connectivity index (χ2n) is 7.22. The van der Waals surface area contributed by atoms with Crippen LogP contribution in [0.25, 0.3) is 11.1 Å². The molecule has 138 valence electrons. The minimum absolute atomic E-state index is 0.219. The van der Waals surface area contributed by atoms with Gasteiger partial charge in [0.1, 0.15) is 5.66 Å². The van der Waals surface area contributed by atoms with Gasteiger partial charge in [0.25, 0.3) is 0 Å². The van der Waals surface area contributed by atoms with Gasteiger partial charge in [-0.1, -0.05) is 77.9 Å². The minimum Gasteiger partial charge on any atom is -0.324 e. The summed E-state index contributed by atoms with van der Waals surface area (Å²) in [6.45, 7) is 4.30. The first-order valence-corrected chi connectivity index (χ1v) is 10.8. The fourth-order valence-corrected chi connectivity index (χ4v) is 5.47. The van der Waals surface area contributed by atoms with E-state index in [1.54, 1.807) is 0 Å². The Bertz CT molecular complexity index is 976. The zero-order chi connectivity index (χ0) is 19.0. The van der Waals surface area contributed by atoms with Crippen LogP contribution in [0.4, 0.5) is 0 Å². The summed E-state index contributed by atoms with van der Waals surface area (Å²) in [5, 5.41) is 0. The Balaban J connectivity index is 1.65. The smallest absolute Gasteiger partial charge is 0.324 e. The fourth-order valence-electron chi connectivity index (χ4n) is 3.82. The van der Waals surface area contributed by atoms with E-state index in [1.807, 2.05) is 68.4 Å². The molecule has 0 heterocycles. The maximum atomic E-state index is 13.2. The molecule has 3 aromatic carbocycles. The van der Waals surface area contributed by atoms with E-state index < -0.39 is 13.3 Å². The second kappa shape index (κ2) is 7.09. The van der Waals surface area contributed by atoms with E-state index in [1.165, 1.54) is 0 Å². The highest BCUT2D eigenvalue weighted by molar-refractivity contribution is 7.53. The van der Waals surface area contributed by atoms with Gasteiger partial charge in [0, 0.05) is 0 Å². The number of rotatable bonds is 5. The predicted octanol–water partition coefficient (Wildman–Crippen LogP) is 5.82. The van der Waals surface area contributed by atoms with E-state index in [4.69, 9.17) is 4.52 Å². The standard InChI is InChI=1S/C23H23O3P/c1-16-8-10-19-21(14-16)22-15-17(2)9-11-20(22)23(19)27(24,25)26-13-12-18-6-4-3-5-7-18/h3-11,14-15,23H,12-13H2,1-2H3,(H,24,25). The van der Waals surface area contributed by atoms with E-state index in [9.17, 15) is 9.46 Å². The quantitative estimate of drug-likeness (QED) is 0.569. The van der Waals surface area contributed by atoms with Gasteiger partial charge in [0.15, 0.2) is 0 Å². The Hall–Kier alpha value is -2.19. The molecule has 0 radical (unpaired) electrons. The Morgan fingerprint density at radius 1 is 0.889 bits per heavy atom. The van der Waals surface area contributed by atoms with Gasteiger partial charge in [0.2, 0.25) is 0 Å². The number of benzene rings is 3. The van der Waals surface area contributed by atoms with Crippen molar-refractivity contribution in [2.75, 3.05) is 6.61 Å². The Labute approximate surface area is 160 Å². The summed E-state index contributed by atoms with van der Waals surface area (Å²) in [4.78, 5) is 10.9. The van der Waals surface area contributed by atoms with E-state index in [0.29, 0.717) is 6.42 Å². The molecule has 0 saturated carbocycles. The van der Waals surface area contributed by atoms with Gasteiger partial charge in [-0.3, -0.25) is 4.57 Å². The molecule has 1 aliphatic carbocycles. The van der Waals surface area contributed by atoms with Crippen LogP contribution in [0.5, 0.6) is 0 Å². The molecule has 0 aliphatic heterocycles. The van der Waals surface area contributed by atoms with Crippen LogP contribution >= 0.6 is 7.60 Å². The van der Waals surface area contributed by atoms with Crippen molar-refractivity contribution in [3.63, 3.8) is 0 Å². The van der Waals surface area contributed by atoms with Crippen LogP contribution in [0, 0.1) is 13.8 Å². The molecule has 3 aromatic rings. The first-order chi connectivity index (χ1) is 13.0. The first kappa shape index (κ1) is 18.2. The molecule has 1 N–H and O–H groups in total. The van der Waals surface area contributed by atoms with Crippen molar-refractivity contribution in [3.8, 4) is 11.1 Å². The monoisotopic (exact) mass is 378 g/mol. The Kier molecular flexibility index (Phi) is 4.77. The lowest BCUT2D eigenvalue weighted by Crippen LogP contribution is -2.05. The first-order valence-electron chi connectivity index (χ1n) is 9.18. The lowest BCUT2D eigenvalue weighted by Gasteiger charge is -2.21. The third kappa shape index (κ3) is 3.51. The van der Waals surface area contributed by atoms with Gasteiger partial charge >= 0.3 is 7.60 Å². The number of fused-ring (bicyclic) bond motifs is 3. The topological polar surface area (TPSA) is 46.5 Å². The largest absolute Gasteiger partial charge is 0.339 e. The zero-order valence-electron chi connectivity index (χ0n) is 15.6. The normalized spacial score (nSPS) is 15.2. The zero-order valence-corrected chi connectivity index (χ0v) is 16.4. The molecule has 0 spiro atoms.